The fraction of sp³-hybridized carbons (Fsp3) is 0.680. The number of nitrogens with zero attached hydrogens (tertiary/aromatic N) is 2. The van der Waals surface area contributed by atoms with Gasteiger partial charge in [-0.25, -0.2) is 15.6 Å². The van der Waals surface area contributed by atoms with E-state index in [1.807, 2.05) is 13.8 Å². The van der Waals surface area contributed by atoms with Crippen LogP contribution in [0.15, 0.2) is 18.2 Å². The van der Waals surface area contributed by atoms with Gasteiger partial charge in [0.1, 0.15) is 0 Å². The van der Waals surface area contributed by atoms with Gasteiger partial charge in [0.2, 0.25) is 0 Å². The molecular weight excluding hydrogens is 390 g/mol. The largest absolute Gasteiger partial charge is 0.381 e. The molecule has 3 fully saturated rings. The number of ether oxygens (including phenoxy) is 1. The molecule has 1 aromatic carbocycles. The van der Waals surface area contributed by atoms with Crippen molar-refractivity contribution < 1.29 is 14.3 Å². The summed E-state index contributed by atoms with van der Waals surface area (Å²) in [5.41, 5.74) is 1.99. The first kappa shape index (κ1) is 21.0. The van der Waals surface area contributed by atoms with Crippen LogP contribution >= 0.6 is 0 Å². The molecule has 3 amide bonds. The molecule has 1 unspecified atom stereocenters. The number of amides is 3. The fourth-order valence-electron chi connectivity index (χ4n) is 7.10. The summed E-state index contributed by atoms with van der Waals surface area (Å²) in [5.74, 6) is 7.03. The van der Waals surface area contributed by atoms with Crippen molar-refractivity contribution in [3.8, 4) is 0 Å². The molecule has 0 radical (unpaired) electrons. The number of hydrazine groups is 1. The van der Waals surface area contributed by atoms with Crippen LogP contribution in [0.4, 0.5) is 4.79 Å². The van der Waals surface area contributed by atoms with E-state index < -0.39 is 5.54 Å². The van der Waals surface area contributed by atoms with Crippen LogP contribution in [0, 0.1) is 5.41 Å². The molecule has 5 rings (SSSR count). The molecule has 31 heavy (non-hydrogen) atoms. The van der Waals surface area contributed by atoms with Gasteiger partial charge in [0.15, 0.2) is 5.54 Å². The van der Waals surface area contributed by atoms with E-state index in [0.29, 0.717) is 5.92 Å². The summed E-state index contributed by atoms with van der Waals surface area (Å²) < 4.78 is 5.64. The van der Waals surface area contributed by atoms with Crippen molar-refractivity contribution in [2.45, 2.75) is 95.2 Å². The average molecular weight is 426 g/mol. The smallest absolute Gasteiger partial charge is 0.342 e. The van der Waals surface area contributed by atoms with Crippen LogP contribution in [0.1, 0.15) is 87.8 Å². The minimum atomic E-state index is -1.10. The molecule has 2 spiro atoms. The summed E-state index contributed by atoms with van der Waals surface area (Å²) in [6.45, 7) is 3.78. The predicted octanol–water partition coefficient (Wildman–Crippen LogP) is 4.22. The van der Waals surface area contributed by atoms with E-state index in [1.165, 1.54) is 46.7 Å². The van der Waals surface area contributed by atoms with Crippen molar-refractivity contribution in [2.24, 2.45) is 11.3 Å². The second kappa shape index (κ2) is 7.31. The summed E-state index contributed by atoms with van der Waals surface area (Å²) in [5, 5.41) is 1.31. The highest BCUT2D eigenvalue weighted by atomic mass is 16.5. The van der Waals surface area contributed by atoms with Crippen LogP contribution < -0.4 is 5.84 Å². The van der Waals surface area contributed by atoms with Gasteiger partial charge >= 0.3 is 6.03 Å². The van der Waals surface area contributed by atoms with Gasteiger partial charge in [0.05, 0.1) is 6.10 Å². The molecular formula is C25H35N3O3. The molecule has 3 aliphatic carbocycles. The van der Waals surface area contributed by atoms with Crippen LogP contribution in [0.5, 0.6) is 0 Å². The van der Waals surface area contributed by atoms with Gasteiger partial charge < -0.3 is 4.74 Å². The molecule has 1 saturated heterocycles. The highest BCUT2D eigenvalue weighted by molar-refractivity contribution is 6.08. The van der Waals surface area contributed by atoms with Crippen LogP contribution in [-0.2, 0) is 21.5 Å². The highest BCUT2D eigenvalue weighted by Gasteiger charge is 2.71. The Kier molecular flexibility index (Phi) is 4.94. The van der Waals surface area contributed by atoms with Gasteiger partial charge in [-0.05, 0) is 81.4 Å². The van der Waals surface area contributed by atoms with Gasteiger partial charge in [-0.2, -0.15) is 0 Å². The van der Waals surface area contributed by atoms with Gasteiger partial charge in [-0.1, -0.05) is 31.0 Å². The van der Waals surface area contributed by atoms with E-state index >= 15 is 0 Å². The third-order valence-electron chi connectivity index (χ3n) is 8.69. The Morgan fingerprint density at radius 2 is 1.77 bits per heavy atom. The van der Waals surface area contributed by atoms with E-state index in [-0.39, 0.29) is 29.5 Å². The average Bonchev–Trinajstić information content (AvgIpc) is 3.42. The molecule has 2 N–H and O–H groups in total. The van der Waals surface area contributed by atoms with Crippen molar-refractivity contribution in [1.29, 1.82) is 0 Å². The first-order chi connectivity index (χ1) is 14.9. The van der Waals surface area contributed by atoms with Gasteiger partial charge in [-0.3, -0.25) is 9.69 Å². The number of hydrogen-bond acceptors (Lipinski definition) is 4. The number of carbonyl (C=O) groups excluding carboxylic acids is 2. The van der Waals surface area contributed by atoms with Gasteiger partial charge in [0, 0.05) is 18.6 Å². The number of imide groups is 1. The second-order valence-corrected chi connectivity index (χ2v) is 10.4. The normalized spacial score (nSPS) is 33.5. The number of carbonyl (C=O) groups is 2. The maximum absolute atomic E-state index is 14.2. The first-order valence-electron chi connectivity index (χ1n) is 11.9. The molecule has 1 atom stereocenters. The van der Waals surface area contributed by atoms with Crippen molar-refractivity contribution in [3.63, 3.8) is 0 Å². The molecule has 1 heterocycles. The van der Waals surface area contributed by atoms with E-state index in [4.69, 9.17) is 10.6 Å². The van der Waals surface area contributed by atoms with E-state index in [9.17, 15) is 9.59 Å². The van der Waals surface area contributed by atoms with Crippen LogP contribution in [-0.4, -0.2) is 41.1 Å². The number of hydrogen-bond donors (Lipinski definition) is 1. The molecule has 4 aliphatic rings. The molecule has 6 heteroatoms. The molecule has 168 valence electrons. The topological polar surface area (TPSA) is 75.9 Å². The quantitative estimate of drug-likeness (QED) is 0.447. The maximum Gasteiger partial charge on any atom is 0.342 e. The maximum atomic E-state index is 14.2. The molecule has 1 aromatic rings. The lowest BCUT2D eigenvalue weighted by molar-refractivity contribution is -0.145. The molecule has 0 aromatic heterocycles. The van der Waals surface area contributed by atoms with E-state index in [0.717, 1.165) is 37.7 Å². The lowest BCUT2D eigenvalue weighted by Gasteiger charge is -2.48. The Hall–Kier alpha value is -1.92. The Morgan fingerprint density at radius 1 is 1.10 bits per heavy atom. The minimum absolute atomic E-state index is 0.131. The van der Waals surface area contributed by atoms with E-state index in [1.54, 1.807) is 7.11 Å². The van der Waals surface area contributed by atoms with Crippen molar-refractivity contribution in [2.75, 3.05) is 7.11 Å². The van der Waals surface area contributed by atoms with Gasteiger partial charge in [0.25, 0.3) is 5.91 Å². The molecule has 2 saturated carbocycles. The molecule has 0 bridgehead atoms. The number of fused-ring (bicyclic) bond motifs is 3. The third kappa shape index (κ3) is 2.70. The number of nitrogens with two attached hydrogens (primary N) is 1. The number of benzene rings is 1. The minimum Gasteiger partial charge on any atom is -0.381 e. The van der Waals surface area contributed by atoms with Crippen molar-refractivity contribution >= 4 is 11.9 Å². The predicted molar refractivity (Wildman–Crippen MR) is 118 cm³/mol. The Morgan fingerprint density at radius 3 is 2.35 bits per heavy atom. The zero-order valence-corrected chi connectivity index (χ0v) is 19.0. The first-order valence-corrected chi connectivity index (χ1v) is 11.9. The monoisotopic (exact) mass is 425 g/mol. The van der Waals surface area contributed by atoms with Crippen LogP contribution in [0.2, 0.25) is 0 Å². The summed E-state index contributed by atoms with van der Waals surface area (Å²) in [7, 11) is 1.76. The zero-order chi connectivity index (χ0) is 22.0. The lowest BCUT2D eigenvalue weighted by Crippen LogP contribution is -2.60. The molecule has 1 aliphatic heterocycles. The summed E-state index contributed by atoms with van der Waals surface area (Å²) in [6, 6.07) is 6.11. The van der Waals surface area contributed by atoms with Crippen molar-refractivity contribution in [1.82, 2.24) is 9.91 Å². The van der Waals surface area contributed by atoms with Crippen LogP contribution in [0.25, 0.3) is 0 Å². The highest BCUT2D eigenvalue weighted by Crippen LogP contribution is 2.63. The third-order valence-corrected chi connectivity index (χ3v) is 8.69. The molecule has 6 nitrogen and oxygen atoms in total. The standard InChI is InChI=1S/C25H35N3O3/c1-16(2)27-22(29)25(28(26)23(27)30)21-14-18(17-6-4-5-7-17)8-9-19(21)15-24(25)12-10-20(31-3)11-13-24/h8-9,14,16-17,20H,4-7,10-13,15,26H2,1-3H3. The van der Waals surface area contributed by atoms with E-state index in [2.05, 4.69) is 18.2 Å². The zero-order valence-electron chi connectivity index (χ0n) is 19.0. The fourth-order valence-corrected chi connectivity index (χ4v) is 7.10. The lowest BCUT2D eigenvalue weighted by atomic mass is 9.61. The summed E-state index contributed by atoms with van der Waals surface area (Å²) in [4.78, 5) is 28.9. The number of rotatable bonds is 3. The van der Waals surface area contributed by atoms with Crippen LogP contribution in [0.3, 0.4) is 0 Å². The SMILES string of the molecule is COC1CCC2(CC1)Cc1ccc(C3CCCC3)cc1C21C(=O)N(C(C)C)C(=O)N1N. The number of urea groups is 1. The number of methoxy groups -OCH3 is 1. The Labute approximate surface area is 185 Å². The Bertz CT molecular complexity index is 899. The second-order valence-electron chi connectivity index (χ2n) is 10.4. The van der Waals surface area contributed by atoms with Crippen molar-refractivity contribution in [3.05, 3.63) is 34.9 Å². The summed E-state index contributed by atoms with van der Waals surface area (Å²) >= 11 is 0. The van der Waals surface area contributed by atoms with Gasteiger partial charge in [-0.15, -0.1) is 0 Å². The summed E-state index contributed by atoms with van der Waals surface area (Å²) in [6.07, 6.45) is 9.36. The Balaban J connectivity index is 1.68.